The van der Waals surface area contributed by atoms with Crippen molar-refractivity contribution in [2.24, 2.45) is 0 Å². The molecule has 0 aliphatic rings. The first-order valence-electron chi connectivity index (χ1n) is 6.29. The summed E-state index contributed by atoms with van der Waals surface area (Å²) in [4.78, 5) is 15.5. The number of rotatable bonds is 5. The SMILES string of the molecule is COC(=O)CC(C)S(=O)(=O)Cc1nc(C(C)(C)C)cs1. The van der Waals surface area contributed by atoms with Crippen LogP contribution in [-0.2, 0) is 30.5 Å². The molecule has 0 fully saturated rings. The van der Waals surface area contributed by atoms with E-state index in [0.717, 1.165) is 5.69 Å². The van der Waals surface area contributed by atoms with Crippen molar-refractivity contribution in [3.8, 4) is 0 Å². The van der Waals surface area contributed by atoms with E-state index in [1.807, 2.05) is 26.2 Å². The van der Waals surface area contributed by atoms with Crippen molar-refractivity contribution in [2.75, 3.05) is 7.11 Å². The molecular weight excluding hydrogens is 298 g/mol. The Morgan fingerprint density at radius 1 is 1.45 bits per heavy atom. The summed E-state index contributed by atoms with van der Waals surface area (Å²) in [5.74, 6) is -0.651. The van der Waals surface area contributed by atoms with Gasteiger partial charge in [-0.25, -0.2) is 13.4 Å². The molecule has 0 bridgehead atoms. The van der Waals surface area contributed by atoms with Crippen LogP contribution in [0.5, 0.6) is 0 Å². The van der Waals surface area contributed by atoms with Gasteiger partial charge in [-0.15, -0.1) is 11.3 Å². The number of carbonyl (C=O) groups excluding carboxylic acids is 1. The number of hydrogen-bond acceptors (Lipinski definition) is 6. The van der Waals surface area contributed by atoms with Gasteiger partial charge >= 0.3 is 5.97 Å². The lowest BCUT2D eigenvalue weighted by molar-refractivity contribution is -0.140. The van der Waals surface area contributed by atoms with Gasteiger partial charge in [0.2, 0.25) is 0 Å². The van der Waals surface area contributed by atoms with Gasteiger partial charge in [-0.05, 0) is 6.92 Å². The summed E-state index contributed by atoms with van der Waals surface area (Å²) in [6.45, 7) is 7.60. The maximum Gasteiger partial charge on any atom is 0.306 e. The summed E-state index contributed by atoms with van der Waals surface area (Å²) in [6.07, 6.45) is -0.129. The Morgan fingerprint density at radius 2 is 2.05 bits per heavy atom. The van der Waals surface area contributed by atoms with Gasteiger partial charge in [-0.2, -0.15) is 0 Å². The lowest BCUT2D eigenvalue weighted by Crippen LogP contribution is -2.23. The molecule has 1 aromatic heterocycles. The molecule has 0 spiro atoms. The highest BCUT2D eigenvalue weighted by molar-refractivity contribution is 7.91. The quantitative estimate of drug-likeness (QED) is 0.779. The van der Waals surface area contributed by atoms with Gasteiger partial charge in [0.15, 0.2) is 9.84 Å². The minimum absolute atomic E-state index is 0.101. The molecule has 0 saturated carbocycles. The molecule has 0 N–H and O–H groups in total. The number of hydrogen-bond donors (Lipinski definition) is 0. The van der Waals surface area contributed by atoms with E-state index in [1.165, 1.54) is 25.4 Å². The van der Waals surface area contributed by atoms with Crippen LogP contribution < -0.4 is 0 Å². The molecule has 5 nitrogen and oxygen atoms in total. The second-order valence-electron chi connectivity index (χ2n) is 5.77. The van der Waals surface area contributed by atoms with E-state index >= 15 is 0 Å². The third kappa shape index (κ3) is 4.56. The van der Waals surface area contributed by atoms with Crippen LogP contribution in [0.25, 0.3) is 0 Å². The lowest BCUT2D eigenvalue weighted by atomic mass is 9.93. The van der Waals surface area contributed by atoms with E-state index in [0.29, 0.717) is 5.01 Å². The van der Waals surface area contributed by atoms with E-state index in [2.05, 4.69) is 9.72 Å². The summed E-state index contributed by atoms with van der Waals surface area (Å²) in [6, 6.07) is 0. The predicted molar refractivity (Wildman–Crippen MR) is 79.5 cm³/mol. The van der Waals surface area contributed by atoms with E-state index in [9.17, 15) is 13.2 Å². The van der Waals surface area contributed by atoms with Crippen molar-refractivity contribution in [1.29, 1.82) is 0 Å². The van der Waals surface area contributed by atoms with Crippen LogP contribution >= 0.6 is 11.3 Å². The van der Waals surface area contributed by atoms with Crippen LogP contribution in [0.4, 0.5) is 0 Å². The Bertz CT molecular complexity index is 569. The number of sulfone groups is 1. The lowest BCUT2D eigenvalue weighted by Gasteiger charge is -2.14. The van der Waals surface area contributed by atoms with Crippen LogP contribution in [0.1, 0.15) is 44.8 Å². The van der Waals surface area contributed by atoms with Crippen molar-refractivity contribution < 1.29 is 17.9 Å². The van der Waals surface area contributed by atoms with Crippen LogP contribution in [-0.4, -0.2) is 31.7 Å². The summed E-state index contributed by atoms with van der Waals surface area (Å²) in [5.41, 5.74) is 0.782. The molecule has 114 valence electrons. The maximum atomic E-state index is 12.2. The van der Waals surface area contributed by atoms with Gasteiger partial charge in [0.25, 0.3) is 0 Å². The average molecular weight is 319 g/mol. The van der Waals surface area contributed by atoms with Gasteiger partial charge in [-0.3, -0.25) is 4.79 Å². The normalized spacial score (nSPS) is 14.1. The van der Waals surface area contributed by atoms with Crippen LogP contribution in [0.2, 0.25) is 0 Å². The van der Waals surface area contributed by atoms with Gasteiger partial charge in [-0.1, -0.05) is 20.8 Å². The highest BCUT2D eigenvalue weighted by Gasteiger charge is 2.26. The molecule has 1 atom stereocenters. The minimum atomic E-state index is -3.40. The number of thiazole rings is 1. The predicted octanol–water partition coefficient (Wildman–Crippen LogP) is 2.31. The fraction of sp³-hybridized carbons (Fsp3) is 0.692. The third-order valence-electron chi connectivity index (χ3n) is 2.94. The van der Waals surface area contributed by atoms with Crippen molar-refractivity contribution >= 4 is 27.1 Å². The molecule has 0 aromatic carbocycles. The van der Waals surface area contributed by atoms with Gasteiger partial charge in [0.05, 0.1) is 24.5 Å². The third-order valence-corrected chi connectivity index (χ3v) is 6.04. The largest absolute Gasteiger partial charge is 0.469 e. The molecule has 0 aliphatic carbocycles. The van der Waals surface area contributed by atoms with Gasteiger partial charge < -0.3 is 4.74 Å². The smallest absolute Gasteiger partial charge is 0.306 e. The maximum absolute atomic E-state index is 12.2. The number of methoxy groups -OCH3 is 1. The molecule has 0 radical (unpaired) electrons. The van der Waals surface area contributed by atoms with E-state index in [1.54, 1.807) is 0 Å². The first-order chi connectivity index (χ1) is 9.06. The molecule has 1 heterocycles. The fourth-order valence-corrected chi connectivity index (χ4v) is 4.13. The number of esters is 1. The van der Waals surface area contributed by atoms with Crippen LogP contribution in [0.3, 0.4) is 0 Å². The van der Waals surface area contributed by atoms with Crippen LogP contribution in [0.15, 0.2) is 5.38 Å². The topological polar surface area (TPSA) is 73.3 Å². The van der Waals surface area contributed by atoms with E-state index in [4.69, 9.17) is 0 Å². The Labute approximate surface area is 124 Å². The molecular formula is C13H21NO4S2. The number of carbonyl (C=O) groups is 1. The Balaban J connectivity index is 2.81. The highest BCUT2D eigenvalue weighted by Crippen LogP contribution is 2.25. The fourth-order valence-electron chi connectivity index (χ4n) is 1.48. The van der Waals surface area contributed by atoms with Gasteiger partial charge in [0.1, 0.15) is 10.8 Å². The number of ether oxygens (including phenoxy) is 1. The summed E-state index contributed by atoms with van der Waals surface area (Å²) < 4.78 is 28.8. The van der Waals surface area contributed by atoms with Crippen LogP contribution in [0, 0.1) is 0 Å². The van der Waals surface area contributed by atoms with Crippen molar-refractivity contribution in [3.63, 3.8) is 0 Å². The molecule has 7 heteroatoms. The zero-order chi connectivity index (χ0) is 15.6. The summed E-state index contributed by atoms with van der Waals surface area (Å²) in [5, 5.41) is 1.68. The zero-order valence-electron chi connectivity index (χ0n) is 12.5. The monoisotopic (exact) mass is 319 g/mol. The molecule has 1 rings (SSSR count). The number of nitrogens with zero attached hydrogens (tertiary/aromatic N) is 1. The molecule has 1 unspecified atom stereocenters. The zero-order valence-corrected chi connectivity index (χ0v) is 14.1. The standard InChI is InChI=1S/C13H21NO4S2/c1-9(6-12(15)18-5)20(16,17)8-11-14-10(7-19-11)13(2,3)4/h7,9H,6,8H2,1-5H3. The van der Waals surface area contributed by atoms with Crippen molar-refractivity contribution in [3.05, 3.63) is 16.1 Å². The Morgan fingerprint density at radius 3 is 2.50 bits per heavy atom. The second kappa shape index (κ2) is 6.22. The van der Waals surface area contributed by atoms with Crippen molar-refractivity contribution in [2.45, 2.75) is 50.5 Å². The van der Waals surface area contributed by atoms with Crippen molar-refractivity contribution in [1.82, 2.24) is 4.98 Å². The second-order valence-corrected chi connectivity index (χ2v) is 9.14. The summed E-state index contributed by atoms with van der Waals surface area (Å²) in [7, 11) is -2.16. The molecule has 0 amide bonds. The van der Waals surface area contributed by atoms with Gasteiger partial charge in [0, 0.05) is 10.8 Å². The molecule has 0 saturated heterocycles. The minimum Gasteiger partial charge on any atom is -0.469 e. The molecule has 0 aliphatic heterocycles. The molecule has 1 aromatic rings. The Hall–Kier alpha value is -0.950. The Kier molecular flexibility index (Phi) is 5.32. The first kappa shape index (κ1) is 17.1. The first-order valence-corrected chi connectivity index (χ1v) is 8.89. The molecule has 20 heavy (non-hydrogen) atoms. The average Bonchev–Trinajstić information content (AvgIpc) is 2.76. The van der Waals surface area contributed by atoms with E-state index in [-0.39, 0.29) is 17.6 Å². The summed E-state index contributed by atoms with van der Waals surface area (Å²) >= 11 is 1.34. The highest BCUT2D eigenvalue weighted by atomic mass is 32.2. The van der Waals surface area contributed by atoms with E-state index < -0.39 is 21.1 Å². The number of aromatic nitrogens is 1.